The van der Waals surface area contributed by atoms with Crippen molar-refractivity contribution >= 4 is 5.97 Å². The van der Waals surface area contributed by atoms with Crippen molar-refractivity contribution in [1.29, 1.82) is 0 Å². The number of piperidine rings is 1. The summed E-state index contributed by atoms with van der Waals surface area (Å²) in [5.74, 6) is 0.613. The molecule has 0 spiro atoms. The largest absolute Gasteiger partial charge is 0.481 e. The Bertz CT molecular complexity index is 232. The summed E-state index contributed by atoms with van der Waals surface area (Å²) in [6.07, 6.45) is 4.00. The van der Waals surface area contributed by atoms with Gasteiger partial charge in [0.2, 0.25) is 0 Å². The highest BCUT2D eigenvalue weighted by atomic mass is 16.4. The summed E-state index contributed by atoms with van der Waals surface area (Å²) in [6, 6.07) is 0. The second-order valence-corrected chi connectivity index (χ2v) is 5.82. The van der Waals surface area contributed by atoms with E-state index < -0.39 is 5.97 Å². The summed E-state index contributed by atoms with van der Waals surface area (Å²) in [6.45, 7) is 9.97. The van der Waals surface area contributed by atoms with Crippen molar-refractivity contribution < 1.29 is 9.90 Å². The van der Waals surface area contributed by atoms with Gasteiger partial charge in [0.1, 0.15) is 0 Å². The van der Waals surface area contributed by atoms with E-state index in [-0.39, 0.29) is 5.92 Å². The van der Waals surface area contributed by atoms with Crippen molar-refractivity contribution in [3.63, 3.8) is 0 Å². The van der Waals surface area contributed by atoms with Crippen LogP contribution in [-0.2, 0) is 4.79 Å². The highest BCUT2D eigenvalue weighted by Crippen LogP contribution is 2.26. The SMILES string of the molecule is CCC(CC1CCN(CC(C)C)CC1)C(=O)O. The number of rotatable bonds is 6. The van der Waals surface area contributed by atoms with Gasteiger partial charge < -0.3 is 10.0 Å². The molecule has 0 saturated carbocycles. The molecule has 1 rings (SSSR count). The van der Waals surface area contributed by atoms with Crippen LogP contribution in [0.2, 0.25) is 0 Å². The maximum Gasteiger partial charge on any atom is 0.306 e. The van der Waals surface area contributed by atoms with E-state index in [0.29, 0.717) is 5.92 Å². The van der Waals surface area contributed by atoms with Crippen molar-refractivity contribution in [3.05, 3.63) is 0 Å². The third-order valence-electron chi connectivity index (χ3n) is 3.79. The third kappa shape index (κ3) is 5.07. The van der Waals surface area contributed by atoms with E-state index in [2.05, 4.69) is 18.7 Å². The summed E-state index contributed by atoms with van der Waals surface area (Å²) >= 11 is 0. The van der Waals surface area contributed by atoms with Gasteiger partial charge in [-0.05, 0) is 50.6 Å². The lowest BCUT2D eigenvalue weighted by Crippen LogP contribution is -2.37. The van der Waals surface area contributed by atoms with E-state index in [1.54, 1.807) is 0 Å². The fourth-order valence-corrected chi connectivity index (χ4v) is 2.77. The van der Waals surface area contributed by atoms with Crippen molar-refractivity contribution in [2.24, 2.45) is 17.8 Å². The zero-order valence-corrected chi connectivity index (χ0v) is 11.5. The molecule has 3 nitrogen and oxygen atoms in total. The Morgan fingerprint density at radius 3 is 2.35 bits per heavy atom. The van der Waals surface area contributed by atoms with Gasteiger partial charge in [-0.3, -0.25) is 4.79 Å². The maximum absolute atomic E-state index is 11.0. The molecule has 0 aliphatic carbocycles. The van der Waals surface area contributed by atoms with Gasteiger partial charge in [0.25, 0.3) is 0 Å². The summed E-state index contributed by atoms with van der Waals surface area (Å²) in [5, 5.41) is 9.06. The first kappa shape index (κ1) is 14.5. The van der Waals surface area contributed by atoms with E-state index in [1.807, 2.05) is 6.92 Å². The number of carboxylic acid groups (broad SMARTS) is 1. The Morgan fingerprint density at radius 1 is 1.35 bits per heavy atom. The number of carbonyl (C=O) groups is 1. The number of hydrogen-bond acceptors (Lipinski definition) is 2. The van der Waals surface area contributed by atoms with Gasteiger partial charge in [0, 0.05) is 6.54 Å². The molecule has 17 heavy (non-hydrogen) atoms. The van der Waals surface area contributed by atoms with E-state index in [0.717, 1.165) is 31.8 Å². The molecule has 0 aromatic rings. The lowest BCUT2D eigenvalue weighted by Gasteiger charge is -2.33. The minimum atomic E-state index is -0.614. The van der Waals surface area contributed by atoms with Gasteiger partial charge in [-0.2, -0.15) is 0 Å². The number of hydrogen-bond donors (Lipinski definition) is 1. The van der Waals surface area contributed by atoms with Crippen LogP contribution < -0.4 is 0 Å². The molecule has 0 aromatic carbocycles. The predicted molar refractivity (Wildman–Crippen MR) is 70.0 cm³/mol. The molecule has 0 amide bonds. The molecule has 0 bridgehead atoms. The normalized spacial score (nSPS) is 20.7. The monoisotopic (exact) mass is 241 g/mol. The Kier molecular flexibility index (Phi) is 5.96. The number of carboxylic acids is 1. The average molecular weight is 241 g/mol. The molecule has 0 aromatic heterocycles. The molecule has 1 aliphatic heterocycles. The quantitative estimate of drug-likeness (QED) is 0.777. The van der Waals surface area contributed by atoms with E-state index in [4.69, 9.17) is 5.11 Å². The zero-order chi connectivity index (χ0) is 12.8. The number of likely N-dealkylation sites (tertiary alicyclic amines) is 1. The van der Waals surface area contributed by atoms with Crippen molar-refractivity contribution in [2.75, 3.05) is 19.6 Å². The highest BCUT2D eigenvalue weighted by molar-refractivity contribution is 5.69. The second-order valence-electron chi connectivity index (χ2n) is 5.82. The van der Waals surface area contributed by atoms with Crippen LogP contribution in [0.3, 0.4) is 0 Å². The first-order valence-electron chi connectivity index (χ1n) is 6.98. The van der Waals surface area contributed by atoms with E-state index >= 15 is 0 Å². The lowest BCUT2D eigenvalue weighted by molar-refractivity contribution is -0.142. The van der Waals surface area contributed by atoms with Crippen LogP contribution in [0.5, 0.6) is 0 Å². The smallest absolute Gasteiger partial charge is 0.306 e. The molecular weight excluding hydrogens is 214 g/mol. The molecular formula is C14H27NO2. The summed E-state index contributed by atoms with van der Waals surface area (Å²) in [4.78, 5) is 13.5. The summed E-state index contributed by atoms with van der Waals surface area (Å²) < 4.78 is 0. The molecule has 1 atom stereocenters. The predicted octanol–water partition coefficient (Wildman–Crippen LogP) is 2.86. The Labute approximate surface area is 105 Å². The topological polar surface area (TPSA) is 40.5 Å². The van der Waals surface area contributed by atoms with Crippen LogP contribution in [0.15, 0.2) is 0 Å². The zero-order valence-electron chi connectivity index (χ0n) is 11.5. The van der Waals surface area contributed by atoms with Crippen LogP contribution in [0, 0.1) is 17.8 Å². The molecule has 1 aliphatic rings. The van der Waals surface area contributed by atoms with Crippen LogP contribution >= 0.6 is 0 Å². The third-order valence-corrected chi connectivity index (χ3v) is 3.79. The Balaban J connectivity index is 2.29. The van der Waals surface area contributed by atoms with E-state index in [1.165, 1.54) is 19.4 Å². The first-order chi connectivity index (χ1) is 8.02. The Morgan fingerprint density at radius 2 is 1.94 bits per heavy atom. The van der Waals surface area contributed by atoms with Crippen LogP contribution in [0.1, 0.15) is 46.5 Å². The highest BCUT2D eigenvalue weighted by Gasteiger charge is 2.24. The van der Waals surface area contributed by atoms with E-state index in [9.17, 15) is 4.79 Å². The maximum atomic E-state index is 11.0. The molecule has 0 radical (unpaired) electrons. The molecule has 1 saturated heterocycles. The molecule has 1 heterocycles. The minimum Gasteiger partial charge on any atom is -0.481 e. The van der Waals surface area contributed by atoms with Crippen LogP contribution in [-0.4, -0.2) is 35.6 Å². The number of aliphatic carboxylic acids is 1. The molecule has 100 valence electrons. The van der Waals surface area contributed by atoms with Crippen molar-refractivity contribution in [1.82, 2.24) is 4.90 Å². The lowest BCUT2D eigenvalue weighted by atomic mass is 9.86. The van der Waals surface area contributed by atoms with Gasteiger partial charge in [0.05, 0.1) is 5.92 Å². The van der Waals surface area contributed by atoms with Crippen LogP contribution in [0.4, 0.5) is 0 Å². The number of nitrogens with zero attached hydrogens (tertiary/aromatic N) is 1. The van der Waals surface area contributed by atoms with Crippen LogP contribution in [0.25, 0.3) is 0 Å². The van der Waals surface area contributed by atoms with Gasteiger partial charge in [-0.1, -0.05) is 20.8 Å². The fourth-order valence-electron chi connectivity index (χ4n) is 2.77. The summed E-state index contributed by atoms with van der Waals surface area (Å²) in [5.41, 5.74) is 0. The molecule has 1 N–H and O–H groups in total. The van der Waals surface area contributed by atoms with Gasteiger partial charge >= 0.3 is 5.97 Å². The second kappa shape index (κ2) is 7.00. The average Bonchev–Trinajstić information content (AvgIpc) is 2.26. The van der Waals surface area contributed by atoms with Gasteiger partial charge in [-0.25, -0.2) is 0 Å². The first-order valence-corrected chi connectivity index (χ1v) is 6.98. The molecule has 1 unspecified atom stereocenters. The summed E-state index contributed by atoms with van der Waals surface area (Å²) in [7, 11) is 0. The van der Waals surface area contributed by atoms with Gasteiger partial charge in [0.15, 0.2) is 0 Å². The van der Waals surface area contributed by atoms with Crippen molar-refractivity contribution in [3.8, 4) is 0 Å². The van der Waals surface area contributed by atoms with Crippen molar-refractivity contribution in [2.45, 2.75) is 46.5 Å². The Hall–Kier alpha value is -0.570. The molecule has 1 fully saturated rings. The van der Waals surface area contributed by atoms with Gasteiger partial charge in [-0.15, -0.1) is 0 Å². The molecule has 3 heteroatoms. The standard InChI is InChI=1S/C14H27NO2/c1-4-13(14(16)17)9-12-5-7-15(8-6-12)10-11(2)3/h11-13H,4-10H2,1-3H3,(H,16,17). The fraction of sp³-hybridized carbons (Fsp3) is 0.929. The minimum absolute atomic E-state index is 0.128.